The summed E-state index contributed by atoms with van der Waals surface area (Å²) >= 11 is 0. The summed E-state index contributed by atoms with van der Waals surface area (Å²) in [6.45, 7) is 1.94. The highest BCUT2D eigenvalue weighted by atomic mass is 16.2. The van der Waals surface area contributed by atoms with Crippen LogP contribution in [0.5, 0.6) is 0 Å². The van der Waals surface area contributed by atoms with Crippen LogP contribution < -0.4 is 10.9 Å². The number of carbonyl (C=O) groups excluding carboxylic acids is 1. The Kier molecular flexibility index (Phi) is 3.91. The minimum atomic E-state index is -0.767. The van der Waals surface area contributed by atoms with Crippen molar-refractivity contribution in [2.45, 2.75) is 13.0 Å². The van der Waals surface area contributed by atoms with E-state index in [-0.39, 0.29) is 5.69 Å². The fourth-order valence-corrected chi connectivity index (χ4v) is 1.63. The Hall–Kier alpha value is -2.94. The minimum Gasteiger partial charge on any atom is -0.331 e. The van der Waals surface area contributed by atoms with E-state index in [9.17, 15) is 9.59 Å². The van der Waals surface area contributed by atoms with Gasteiger partial charge in [-0.2, -0.15) is 10.4 Å². The van der Waals surface area contributed by atoms with Crippen LogP contribution >= 0.6 is 0 Å². The Morgan fingerprint density at radius 2 is 2.00 bits per heavy atom. The SMILES string of the molecule is Cc1ccc(C(C#N)NC(=O)c2ccc(=O)[nH]n2)cc1. The van der Waals surface area contributed by atoms with Crippen molar-refractivity contribution in [3.8, 4) is 6.07 Å². The summed E-state index contributed by atoms with van der Waals surface area (Å²) in [6, 6.07) is 11.1. The van der Waals surface area contributed by atoms with Gasteiger partial charge in [0.15, 0.2) is 0 Å². The third kappa shape index (κ3) is 3.09. The Morgan fingerprint density at radius 3 is 2.55 bits per heavy atom. The predicted molar refractivity (Wildman–Crippen MR) is 71.9 cm³/mol. The fraction of sp³-hybridized carbons (Fsp3) is 0.143. The van der Waals surface area contributed by atoms with Gasteiger partial charge in [-0.3, -0.25) is 9.59 Å². The molecule has 0 spiro atoms. The van der Waals surface area contributed by atoms with Gasteiger partial charge in [-0.25, -0.2) is 5.10 Å². The lowest BCUT2D eigenvalue weighted by Crippen LogP contribution is -2.29. The second-order valence-electron chi connectivity index (χ2n) is 4.25. The summed E-state index contributed by atoms with van der Waals surface area (Å²) in [6.07, 6.45) is 0. The molecule has 1 heterocycles. The number of hydrogen-bond donors (Lipinski definition) is 2. The van der Waals surface area contributed by atoms with E-state index in [0.29, 0.717) is 5.56 Å². The van der Waals surface area contributed by atoms with Gasteiger partial charge in [-0.05, 0) is 18.6 Å². The third-order valence-electron chi connectivity index (χ3n) is 2.73. The minimum absolute atomic E-state index is 0.0527. The van der Waals surface area contributed by atoms with Gasteiger partial charge >= 0.3 is 0 Å². The molecule has 0 aliphatic rings. The number of aryl methyl sites for hydroxylation is 1. The average molecular weight is 268 g/mol. The van der Waals surface area contributed by atoms with Gasteiger partial charge < -0.3 is 5.32 Å². The Labute approximate surface area is 115 Å². The number of aromatic nitrogens is 2. The maximum atomic E-state index is 11.9. The number of H-pyrrole nitrogens is 1. The van der Waals surface area contributed by atoms with Crippen LogP contribution in [0.1, 0.15) is 27.7 Å². The first-order valence-corrected chi connectivity index (χ1v) is 5.93. The molecule has 1 amide bonds. The van der Waals surface area contributed by atoms with Crippen molar-refractivity contribution in [2.75, 3.05) is 0 Å². The van der Waals surface area contributed by atoms with Crippen molar-refractivity contribution < 1.29 is 4.79 Å². The average Bonchev–Trinajstić information content (AvgIpc) is 2.46. The number of rotatable bonds is 3. The van der Waals surface area contributed by atoms with Crippen LogP contribution in [0.25, 0.3) is 0 Å². The second kappa shape index (κ2) is 5.80. The molecule has 2 aromatic rings. The van der Waals surface area contributed by atoms with Gasteiger partial charge in [0.1, 0.15) is 11.7 Å². The molecule has 0 aliphatic carbocycles. The third-order valence-corrected chi connectivity index (χ3v) is 2.73. The number of hydrogen-bond acceptors (Lipinski definition) is 4. The molecular formula is C14H12N4O2. The Bertz CT molecular complexity index is 693. The molecular weight excluding hydrogens is 256 g/mol. The number of nitrogens with one attached hydrogen (secondary N) is 2. The van der Waals surface area contributed by atoms with Gasteiger partial charge in [-0.1, -0.05) is 29.8 Å². The van der Waals surface area contributed by atoms with E-state index in [2.05, 4.69) is 15.5 Å². The van der Waals surface area contributed by atoms with Crippen molar-refractivity contribution in [2.24, 2.45) is 0 Å². The zero-order chi connectivity index (χ0) is 14.5. The quantitative estimate of drug-likeness (QED) is 0.869. The smallest absolute Gasteiger partial charge is 0.273 e. The number of carbonyl (C=O) groups is 1. The highest BCUT2D eigenvalue weighted by molar-refractivity contribution is 5.92. The summed E-state index contributed by atoms with van der Waals surface area (Å²) < 4.78 is 0. The normalized spacial score (nSPS) is 11.4. The van der Waals surface area contributed by atoms with Gasteiger partial charge in [-0.15, -0.1) is 0 Å². The fourth-order valence-electron chi connectivity index (χ4n) is 1.63. The zero-order valence-corrected chi connectivity index (χ0v) is 10.8. The molecule has 20 heavy (non-hydrogen) atoms. The predicted octanol–water partition coefficient (Wildman–Crippen LogP) is 1.07. The van der Waals surface area contributed by atoms with E-state index in [1.165, 1.54) is 12.1 Å². The van der Waals surface area contributed by atoms with Crippen molar-refractivity contribution in [3.63, 3.8) is 0 Å². The van der Waals surface area contributed by atoms with Crippen LogP contribution in [0.4, 0.5) is 0 Å². The van der Waals surface area contributed by atoms with Gasteiger partial charge in [0.2, 0.25) is 0 Å². The molecule has 1 aromatic heterocycles. The van der Waals surface area contributed by atoms with E-state index in [1.54, 1.807) is 12.1 Å². The molecule has 0 bridgehead atoms. The lowest BCUT2D eigenvalue weighted by atomic mass is 10.1. The van der Waals surface area contributed by atoms with E-state index in [4.69, 9.17) is 5.26 Å². The van der Waals surface area contributed by atoms with Crippen molar-refractivity contribution in [1.82, 2.24) is 15.5 Å². The number of benzene rings is 1. The maximum absolute atomic E-state index is 11.9. The van der Waals surface area contributed by atoms with Crippen LogP contribution in [0, 0.1) is 18.3 Å². The van der Waals surface area contributed by atoms with E-state index in [0.717, 1.165) is 5.56 Å². The molecule has 1 unspecified atom stereocenters. The molecule has 2 rings (SSSR count). The molecule has 100 valence electrons. The Balaban J connectivity index is 2.16. The Morgan fingerprint density at radius 1 is 1.30 bits per heavy atom. The summed E-state index contributed by atoms with van der Waals surface area (Å²) in [5.74, 6) is -0.520. The van der Waals surface area contributed by atoms with Crippen LogP contribution in [-0.4, -0.2) is 16.1 Å². The largest absolute Gasteiger partial charge is 0.331 e. The van der Waals surface area contributed by atoms with Crippen LogP contribution in [0.3, 0.4) is 0 Å². The lowest BCUT2D eigenvalue weighted by molar-refractivity contribution is 0.0939. The van der Waals surface area contributed by atoms with E-state index >= 15 is 0 Å². The molecule has 1 aromatic carbocycles. The van der Waals surface area contributed by atoms with Crippen molar-refractivity contribution in [3.05, 3.63) is 63.6 Å². The standard InChI is InChI=1S/C14H12N4O2/c1-9-2-4-10(5-3-9)12(8-15)16-14(20)11-6-7-13(19)18-17-11/h2-7,12H,1H3,(H,16,20)(H,18,19). The number of nitrogens with zero attached hydrogens (tertiary/aromatic N) is 2. The van der Waals surface area contributed by atoms with Crippen molar-refractivity contribution >= 4 is 5.91 Å². The van der Waals surface area contributed by atoms with E-state index in [1.807, 2.05) is 25.1 Å². The first-order chi connectivity index (χ1) is 9.60. The highest BCUT2D eigenvalue weighted by Gasteiger charge is 2.15. The summed E-state index contributed by atoms with van der Waals surface area (Å²) in [4.78, 5) is 22.8. The second-order valence-corrected chi connectivity index (χ2v) is 4.25. The lowest BCUT2D eigenvalue weighted by Gasteiger charge is -2.11. The van der Waals surface area contributed by atoms with Crippen LogP contribution in [0.15, 0.2) is 41.2 Å². The first kappa shape index (κ1) is 13.5. The summed E-state index contributed by atoms with van der Waals surface area (Å²) in [5.41, 5.74) is 1.42. The molecule has 6 nitrogen and oxygen atoms in total. The molecule has 0 fully saturated rings. The maximum Gasteiger partial charge on any atom is 0.273 e. The highest BCUT2D eigenvalue weighted by Crippen LogP contribution is 2.13. The number of aromatic amines is 1. The molecule has 0 saturated heterocycles. The van der Waals surface area contributed by atoms with Gasteiger partial charge in [0, 0.05) is 6.07 Å². The topological polar surface area (TPSA) is 98.6 Å². The molecule has 6 heteroatoms. The van der Waals surface area contributed by atoms with Crippen LogP contribution in [-0.2, 0) is 0 Å². The van der Waals surface area contributed by atoms with Gasteiger partial charge in [0.25, 0.3) is 11.5 Å². The molecule has 1 atom stereocenters. The number of amides is 1. The van der Waals surface area contributed by atoms with E-state index < -0.39 is 17.5 Å². The zero-order valence-electron chi connectivity index (χ0n) is 10.8. The molecule has 0 aliphatic heterocycles. The summed E-state index contributed by atoms with van der Waals surface area (Å²) in [7, 11) is 0. The first-order valence-electron chi connectivity index (χ1n) is 5.93. The molecule has 0 radical (unpaired) electrons. The number of nitriles is 1. The molecule has 0 saturated carbocycles. The molecule has 2 N–H and O–H groups in total. The van der Waals surface area contributed by atoms with Crippen LogP contribution in [0.2, 0.25) is 0 Å². The van der Waals surface area contributed by atoms with Crippen molar-refractivity contribution in [1.29, 1.82) is 5.26 Å². The monoisotopic (exact) mass is 268 g/mol. The summed E-state index contributed by atoms with van der Waals surface area (Å²) in [5, 5.41) is 17.5. The van der Waals surface area contributed by atoms with Gasteiger partial charge in [0.05, 0.1) is 6.07 Å².